The van der Waals surface area contributed by atoms with Crippen molar-refractivity contribution in [1.29, 1.82) is 10.5 Å². The Balaban J connectivity index is 1.46. The van der Waals surface area contributed by atoms with Crippen molar-refractivity contribution in [1.82, 2.24) is 0 Å². The molecule has 4 rings (SSSR count). The van der Waals surface area contributed by atoms with Crippen LogP contribution in [0.3, 0.4) is 0 Å². The summed E-state index contributed by atoms with van der Waals surface area (Å²) in [5, 5.41) is 20.2. The Hall–Kier alpha value is -2.61. The summed E-state index contributed by atoms with van der Waals surface area (Å²) >= 11 is 0. The van der Waals surface area contributed by atoms with E-state index in [1.807, 2.05) is 31.2 Å². The molecule has 1 aromatic rings. The van der Waals surface area contributed by atoms with Crippen molar-refractivity contribution in [2.45, 2.75) is 70.3 Å². The van der Waals surface area contributed by atoms with E-state index >= 15 is 0 Å². The predicted octanol–water partition coefficient (Wildman–Crippen LogP) is 4.00. The summed E-state index contributed by atoms with van der Waals surface area (Å²) in [4.78, 5) is 4.34. The van der Waals surface area contributed by atoms with Crippen LogP contribution >= 0.6 is 0 Å². The quantitative estimate of drug-likeness (QED) is 0.602. The summed E-state index contributed by atoms with van der Waals surface area (Å²) in [6.07, 6.45) is 7.06. The Morgan fingerprint density at radius 3 is 2.45 bits per heavy atom. The summed E-state index contributed by atoms with van der Waals surface area (Å²) in [5.74, 6) is -1.10. The second-order valence-electron chi connectivity index (χ2n) is 8.78. The molecule has 2 heterocycles. The molecule has 2 fully saturated rings. The van der Waals surface area contributed by atoms with Crippen LogP contribution in [-0.2, 0) is 9.47 Å². The Kier molecular flexibility index (Phi) is 5.68. The molecule has 2 N–H and O–H groups in total. The zero-order valence-electron chi connectivity index (χ0n) is 18.3. The molecular formula is C24H30N4O3. The Morgan fingerprint density at radius 2 is 1.84 bits per heavy atom. The van der Waals surface area contributed by atoms with Gasteiger partial charge in [0.15, 0.2) is 5.41 Å². The molecule has 2 aliphatic heterocycles. The number of nitrogens with two attached hydrogens (primary N) is 1. The number of amidine groups is 1. The van der Waals surface area contributed by atoms with Gasteiger partial charge >= 0.3 is 0 Å². The van der Waals surface area contributed by atoms with E-state index in [0.29, 0.717) is 13.2 Å². The number of aliphatic imine (C=N–C) groups is 1. The fourth-order valence-electron chi connectivity index (χ4n) is 5.19. The highest BCUT2D eigenvalue weighted by atomic mass is 16.8. The second-order valence-corrected chi connectivity index (χ2v) is 8.78. The molecule has 0 aromatic heterocycles. The van der Waals surface area contributed by atoms with Crippen LogP contribution in [0.5, 0.6) is 5.75 Å². The molecule has 0 radical (unpaired) electrons. The van der Waals surface area contributed by atoms with Crippen molar-refractivity contribution >= 4 is 5.84 Å². The van der Waals surface area contributed by atoms with Crippen molar-refractivity contribution in [2.75, 3.05) is 13.2 Å². The topological polar surface area (TPSA) is 114 Å². The van der Waals surface area contributed by atoms with Crippen molar-refractivity contribution in [3.63, 3.8) is 0 Å². The minimum atomic E-state index is -1.52. The Bertz CT molecular complexity index is 934. The zero-order valence-corrected chi connectivity index (χ0v) is 18.3. The van der Waals surface area contributed by atoms with E-state index in [1.54, 1.807) is 0 Å². The zero-order chi connectivity index (χ0) is 22.1. The van der Waals surface area contributed by atoms with E-state index in [1.165, 1.54) is 32.1 Å². The predicted molar refractivity (Wildman–Crippen MR) is 115 cm³/mol. The third-order valence-electron chi connectivity index (χ3n) is 6.78. The third-order valence-corrected chi connectivity index (χ3v) is 6.78. The fraction of sp³-hybridized carbons (Fsp3) is 0.625. The van der Waals surface area contributed by atoms with E-state index in [2.05, 4.69) is 24.1 Å². The van der Waals surface area contributed by atoms with Crippen molar-refractivity contribution < 1.29 is 14.2 Å². The molecule has 164 valence electrons. The van der Waals surface area contributed by atoms with E-state index in [9.17, 15) is 10.5 Å². The summed E-state index contributed by atoms with van der Waals surface area (Å²) in [6.45, 7) is 5.06. The number of ether oxygens (including phenoxy) is 3. The third kappa shape index (κ3) is 3.03. The molecule has 1 aromatic carbocycles. The average molecular weight is 423 g/mol. The van der Waals surface area contributed by atoms with E-state index < -0.39 is 22.7 Å². The van der Waals surface area contributed by atoms with Crippen molar-refractivity contribution in [3.05, 3.63) is 29.8 Å². The van der Waals surface area contributed by atoms with Gasteiger partial charge in [0.1, 0.15) is 17.0 Å². The number of nitrogens with zero attached hydrogens (tertiary/aromatic N) is 3. The maximum absolute atomic E-state index is 10.2. The molecule has 1 saturated carbocycles. The Labute approximate surface area is 183 Å². The van der Waals surface area contributed by atoms with Crippen LogP contribution in [-0.4, -0.2) is 31.1 Å². The normalized spacial score (nSPS) is 35.3. The number of benzene rings is 1. The second kappa shape index (κ2) is 8.15. The molecule has 31 heavy (non-hydrogen) atoms. The first kappa shape index (κ1) is 21.6. The summed E-state index contributed by atoms with van der Waals surface area (Å²) in [6, 6.07) is 12.2. The summed E-state index contributed by atoms with van der Waals surface area (Å²) in [7, 11) is 0. The molecule has 5 atom stereocenters. The van der Waals surface area contributed by atoms with Crippen LogP contribution in [0, 0.1) is 33.5 Å². The number of hydrogen-bond acceptors (Lipinski definition) is 7. The van der Waals surface area contributed by atoms with Gasteiger partial charge in [0, 0.05) is 5.92 Å². The minimum absolute atomic E-state index is 0.110. The highest BCUT2D eigenvalue weighted by Crippen LogP contribution is 2.82. The molecule has 1 aliphatic carbocycles. The lowest BCUT2D eigenvalue weighted by atomic mass is 9.94. The van der Waals surface area contributed by atoms with Crippen LogP contribution in [0.2, 0.25) is 0 Å². The van der Waals surface area contributed by atoms with Gasteiger partial charge < -0.3 is 19.9 Å². The van der Waals surface area contributed by atoms with Gasteiger partial charge in [-0.1, -0.05) is 51.2 Å². The van der Waals surface area contributed by atoms with Gasteiger partial charge in [-0.2, -0.15) is 10.5 Å². The van der Waals surface area contributed by atoms with Gasteiger partial charge in [-0.25, -0.2) is 4.99 Å². The molecule has 3 aliphatic rings. The molecule has 0 amide bonds. The van der Waals surface area contributed by atoms with E-state index in [0.717, 1.165) is 17.7 Å². The van der Waals surface area contributed by atoms with Gasteiger partial charge in [-0.3, -0.25) is 0 Å². The lowest BCUT2D eigenvalue weighted by molar-refractivity contribution is -0.193. The first-order valence-electron chi connectivity index (χ1n) is 11.2. The van der Waals surface area contributed by atoms with E-state index in [4.69, 9.17) is 19.9 Å². The summed E-state index contributed by atoms with van der Waals surface area (Å²) in [5.41, 5.74) is 4.50. The first-order valence-corrected chi connectivity index (χ1v) is 11.2. The molecule has 0 bridgehead atoms. The maximum atomic E-state index is 10.2. The number of unbranched alkanes of at least 4 members (excludes halogenated alkanes) is 5. The van der Waals surface area contributed by atoms with Gasteiger partial charge in [-0.15, -0.1) is 0 Å². The lowest BCUT2D eigenvalue weighted by Gasteiger charge is -2.26. The Morgan fingerprint density at radius 1 is 1.13 bits per heavy atom. The van der Waals surface area contributed by atoms with Crippen molar-refractivity contribution in [2.24, 2.45) is 21.6 Å². The van der Waals surface area contributed by atoms with Crippen LogP contribution in [0.25, 0.3) is 0 Å². The monoisotopic (exact) mass is 422 g/mol. The molecular weight excluding hydrogens is 392 g/mol. The molecule has 5 unspecified atom stereocenters. The van der Waals surface area contributed by atoms with Crippen LogP contribution in [0.15, 0.2) is 29.3 Å². The number of fused-ring (bicyclic) bond motifs is 2. The number of nitriles is 2. The van der Waals surface area contributed by atoms with Crippen LogP contribution in [0.4, 0.5) is 0 Å². The highest BCUT2D eigenvalue weighted by Gasteiger charge is 2.94. The van der Waals surface area contributed by atoms with Crippen molar-refractivity contribution in [3.8, 4) is 17.9 Å². The highest BCUT2D eigenvalue weighted by molar-refractivity contribution is 6.00. The molecule has 7 nitrogen and oxygen atoms in total. The van der Waals surface area contributed by atoms with Gasteiger partial charge in [0.25, 0.3) is 5.91 Å². The molecule has 1 saturated heterocycles. The minimum Gasteiger partial charge on any atom is -0.494 e. The smallest absolute Gasteiger partial charge is 0.293 e. The summed E-state index contributed by atoms with van der Waals surface area (Å²) < 4.78 is 17.7. The fourth-order valence-corrected chi connectivity index (χ4v) is 5.19. The number of hydrogen-bond donors (Lipinski definition) is 1. The SMILES string of the molecule is CCCCCCCCOc1ccc(C2C3(C#N)C(N)=NC4(OCC(C)O4)C23C#N)cc1. The molecule has 7 heteroatoms. The van der Waals surface area contributed by atoms with Crippen LogP contribution in [0.1, 0.15) is 63.9 Å². The standard InChI is InChI=1S/C24H30N4O3/c1-3-4-5-6-7-8-13-29-19-11-9-18(10-12-19)20-22(15-25)21(27)28-24(23(20,22)16-26)30-14-17(2)31-24/h9-12,17,20H,3-8,13-14H2,1-2H3,(H2,27,28). The maximum Gasteiger partial charge on any atom is 0.293 e. The van der Waals surface area contributed by atoms with Gasteiger partial charge in [0.05, 0.1) is 31.5 Å². The number of rotatable bonds is 9. The van der Waals surface area contributed by atoms with Gasteiger partial charge in [-0.05, 0) is 31.0 Å². The first-order chi connectivity index (χ1) is 15.0. The van der Waals surface area contributed by atoms with Gasteiger partial charge in [0.2, 0.25) is 0 Å². The largest absolute Gasteiger partial charge is 0.494 e. The van der Waals surface area contributed by atoms with E-state index in [-0.39, 0.29) is 11.9 Å². The molecule has 1 spiro atoms. The van der Waals surface area contributed by atoms with Crippen LogP contribution < -0.4 is 10.5 Å². The lowest BCUT2D eigenvalue weighted by Crippen LogP contribution is -2.39. The average Bonchev–Trinajstić information content (AvgIpc) is 3.16.